The number of rotatable bonds is 6. The van der Waals surface area contributed by atoms with Crippen molar-refractivity contribution in [1.29, 1.82) is 0 Å². The van der Waals surface area contributed by atoms with Crippen molar-refractivity contribution in [3.63, 3.8) is 0 Å². The molecule has 1 atom stereocenters. The van der Waals surface area contributed by atoms with Gasteiger partial charge in [0.2, 0.25) is 5.89 Å². The van der Waals surface area contributed by atoms with E-state index in [9.17, 15) is 0 Å². The molecular weight excluding hydrogens is 202 g/mol. The monoisotopic (exact) mass is 223 g/mol. The van der Waals surface area contributed by atoms with Crippen molar-refractivity contribution in [2.45, 2.75) is 57.9 Å². The molecule has 0 radical (unpaired) electrons. The number of nitrogens with one attached hydrogen (secondary N) is 1. The topological polar surface area (TPSA) is 51.0 Å². The van der Waals surface area contributed by atoms with Crippen LogP contribution in [0.15, 0.2) is 4.52 Å². The van der Waals surface area contributed by atoms with E-state index in [2.05, 4.69) is 36.2 Å². The van der Waals surface area contributed by atoms with Crippen LogP contribution < -0.4 is 5.32 Å². The molecule has 1 saturated carbocycles. The lowest BCUT2D eigenvalue weighted by molar-refractivity contribution is 0.355. The molecule has 4 heteroatoms. The second kappa shape index (κ2) is 4.53. The van der Waals surface area contributed by atoms with Crippen molar-refractivity contribution < 1.29 is 4.52 Å². The van der Waals surface area contributed by atoms with Gasteiger partial charge in [0.15, 0.2) is 5.82 Å². The molecule has 0 aromatic carbocycles. The molecule has 0 spiro atoms. The van der Waals surface area contributed by atoms with Crippen LogP contribution in [0.25, 0.3) is 0 Å². The third kappa shape index (κ3) is 2.61. The van der Waals surface area contributed by atoms with E-state index in [0.29, 0.717) is 6.04 Å². The fraction of sp³-hybridized carbons (Fsp3) is 0.833. The Bertz CT molecular complexity index is 344. The lowest BCUT2D eigenvalue weighted by Gasteiger charge is -2.09. The van der Waals surface area contributed by atoms with Crippen molar-refractivity contribution in [1.82, 2.24) is 15.5 Å². The summed E-state index contributed by atoms with van der Waals surface area (Å²) < 4.78 is 5.28. The average molecular weight is 223 g/mol. The van der Waals surface area contributed by atoms with E-state index in [-0.39, 0.29) is 5.41 Å². The maximum Gasteiger partial charge on any atom is 0.228 e. The van der Waals surface area contributed by atoms with Crippen LogP contribution in [0.5, 0.6) is 0 Å². The summed E-state index contributed by atoms with van der Waals surface area (Å²) in [6.45, 7) is 7.55. The molecule has 1 aliphatic rings. The molecule has 1 aromatic rings. The molecule has 4 nitrogen and oxygen atoms in total. The molecule has 0 bridgehead atoms. The Hall–Kier alpha value is -0.900. The molecule has 1 heterocycles. The Balaban J connectivity index is 1.87. The van der Waals surface area contributed by atoms with Crippen molar-refractivity contribution in [2.75, 3.05) is 6.54 Å². The Morgan fingerprint density at radius 1 is 1.50 bits per heavy atom. The molecule has 1 N–H and O–H groups in total. The average Bonchev–Trinajstić information content (AvgIpc) is 2.82. The largest absolute Gasteiger partial charge is 0.339 e. The fourth-order valence-corrected chi connectivity index (χ4v) is 1.72. The molecular formula is C12H21N3O. The smallest absolute Gasteiger partial charge is 0.228 e. The molecule has 1 aromatic heterocycles. The van der Waals surface area contributed by atoms with E-state index in [0.717, 1.165) is 31.1 Å². The number of aromatic nitrogens is 2. The molecule has 90 valence electrons. The number of nitrogens with zero attached hydrogens (tertiary/aromatic N) is 2. The van der Waals surface area contributed by atoms with Crippen LogP contribution in [0.4, 0.5) is 0 Å². The SMILES string of the molecule is CCCNC(C)Cc1nc(C2(C)CC2)no1. The van der Waals surface area contributed by atoms with Gasteiger partial charge in [-0.2, -0.15) is 4.98 Å². The third-order valence-electron chi connectivity index (χ3n) is 3.23. The first kappa shape index (κ1) is 11.6. The number of hydrogen-bond acceptors (Lipinski definition) is 4. The fourth-order valence-electron chi connectivity index (χ4n) is 1.72. The Morgan fingerprint density at radius 3 is 2.88 bits per heavy atom. The summed E-state index contributed by atoms with van der Waals surface area (Å²) in [5.74, 6) is 1.66. The van der Waals surface area contributed by atoms with Gasteiger partial charge in [-0.3, -0.25) is 0 Å². The van der Waals surface area contributed by atoms with Gasteiger partial charge in [-0.25, -0.2) is 0 Å². The van der Waals surface area contributed by atoms with Crippen LogP contribution >= 0.6 is 0 Å². The maximum absolute atomic E-state index is 5.28. The summed E-state index contributed by atoms with van der Waals surface area (Å²) in [6, 6.07) is 0.403. The Kier molecular flexibility index (Phi) is 3.28. The third-order valence-corrected chi connectivity index (χ3v) is 3.23. The van der Waals surface area contributed by atoms with E-state index in [1.807, 2.05) is 0 Å². The first-order valence-electron chi connectivity index (χ1n) is 6.20. The summed E-state index contributed by atoms with van der Waals surface area (Å²) in [7, 11) is 0. The predicted molar refractivity (Wildman–Crippen MR) is 62.3 cm³/mol. The standard InChI is InChI=1S/C12H21N3O/c1-4-7-13-9(2)8-10-14-11(15-16-10)12(3)5-6-12/h9,13H,4-8H2,1-3H3. The molecule has 1 aliphatic carbocycles. The van der Waals surface area contributed by atoms with E-state index in [4.69, 9.17) is 4.52 Å². The van der Waals surface area contributed by atoms with E-state index < -0.39 is 0 Å². The summed E-state index contributed by atoms with van der Waals surface area (Å²) in [5, 5.41) is 7.49. The minimum absolute atomic E-state index is 0.210. The van der Waals surface area contributed by atoms with Crippen LogP contribution in [-0.2, 0) is 11.8 Å². The quantitative estimate of drug-likeness (QED) is 0.802. The first-order valence-corrected chi connectivity index (χ1v) is 6.20. The Labute approximate surface area is 96.8 Å². The van der Waals surface area contributed by atoms with Gasteiger partial charge >= 0.3 is 0 Å². The zero-order chi connectivity index (χ0) is 11.6. The zero-order valence-corrected chi connectivity index (χ0v) is 10.4. The van der Waals surface area contributed by atoms with E-state index in [1.165, 1.54) is 12.8 Å². The molecule has 0 amide bonds. The molecule has 2 rings (SSSR count). The molecule has 16 heavy (non-hydrogen) atoms. The molecule has 1 unspecified atom stereocenters. The Morgan fingerprint density at radius 2 is 2.25 bits per heavy atom. The van der Waals surface area contributed by atoms with Crippen LogP contribution in [-0.4, -0.2) is 22.7 Å². The normalized spacial score (nSPS) is 19.7. The van der Waals surface area contributed by atoms with Gasteiger partial charge in [0.05, 0.1) is 0 Å². The highest BCUT2D eigenvalue weighted by molar-refractivity contribution is 5.14. The van der Waals surface area contributed by atoms with Crippen molar-refractivity contribution in [2.24, 2.45) is 0 Å². The van der Waals surface area contributed by atoms with Gasteiger partial charge in [-0.1, -0.05) is 19.0 Å². The molecule has 0 saturated heterocycles. The van der Waals surface area contributed by atoms with Crippen LogP contribution in [0.2, 0.25) is 0 Å². The first-order chi connectivity index (χ1) is 7.64. The molecule has 1 fully saturated rings. The highest BCUT2D eigenvalue weighted by Gasteiger charge is 2.43. The van der Waals surface area contributed by atoms with Gasteiger partial charge in [0.1, 0.15) is 0 Å². The van der Waals surface area contributed by atoms with Crippen LogP contribution in [0.1, 0.15) is 51.7 Å². The molecule has 0 aliphatic heterocycles. The minimum atomic E-state index is 0.210. The van der Waals surface area contributed by atoms with Crippen LogP contribution in [0, 0.1) is 0 Å². The number of hydrogen-bond donors (Lipinski definition) is 1. The van der Waals surface area contributed by atoms with Crippen molar-refractivity contribution in [3.05, 3.63) is 11.7 Å². The van der Waals surface area contributed by atoms with E-state index in [1.54, 1.807) is 0 Å². The van der Waals surface area contributed by atoms with Gasteiger partial charge in [0, 0.05) is 17.9 Å². The highest BCUT2D eigenvalue weighted by atomic mass is 16.5. The van der Waals surface area contributed by atoms with Crippen molar-refractivity contribution in [3.8, 4) is 0 Å². The minimum Gasteiger partial charge on any atom is -0.339 e. The summed E-state index contributed by atoms with van der Waals surface area (Å²) in [5.41, 5.74) is 0.210. The second-order valence-corrected chi connectivity index (χ2v) is 5.13. The zero-order valence-electron chi connectivity index (χ0n) is 10.4. The van der Waals surface area contributed by atoms with Crippen LogP contribution in [0.3, 0.4) is 0 Å². The van der Waals surface area contributed by atoms with Gasteiger partial charge in [-0.15, -0.1) is 0 Å². The second-order valence-electron chi connectivity index (χ2n) is 5.13. The summed E-state index contributed by atoms with van der Waals surface area (Å²) >= 11 is 0. The lowest BCUT2D eigenvalue weighted by Crippen LogP contribution is -2.28. The summed E-state index contributed by atoms with van der Waals surface area (Å²) in [6.07, 6.45) is 4.35. The highest BCUT2D eigenvalue weighted by Crippen LogP contribution is 2.45. The van der Waals surface area contributed by atoms with E-state index >= 15 is 0 Å². The van der Waals surface area contributed by atoms with Gasteiger partial charge in [0.25, 0.3) is 0 Å². The predicted octanol–water partition coefficient (Wildman–Crippen LogP) is 2.05. The summed E-state index contributed by atoms with van der Waals surface area (Å²) in [4.78, 5) is 4.47. The lowest BCUT2D eigenvalue weighted by atomic mass is 10.1. The van der Waals surface area contributed by atoms with Gasteiger partial charge in [-0.05, 0) is 32.7 Å². The van der Waals surface area contributed by atoms with Gasteiger partial charge < -0.3 is 9.84 Å². The maximum atomic E-state index is 5.28. The van der Waals surface area contributed by atoms with Crippen molar-refractivity contribution >= 4 is 0 Å².